The van der Waals surface area contributed by atoms with Gasteiger partial charge in [-0.25, -0.2) is 0 Å². The van der Waals surface area contributed by atoms with E-state index in [9.17, 15) is 9.59 Å². The zero-order valence-corrected chi connectivity index (χ0v) is 9.74. The van der Waals surface area contributed by atoms with Crippen LogP contribution in [0.3, 0.4) is 0 Å². The Morgan fingerprint density at radius 1 is 1.47 bits per heavy atom. The van der Waals surface area contributed by atoms with Crippen molar-refractivity contribution in [1.82, 2.24) is 0 Å². The highest BCUT2D eigenvalue weighted by Crippen LogP contribution is 2.44. The van der Waals surface area contributed by atoms with Crippen molar-refractivity contribution in [3.8, 4) is 0 Å². The van der Waals surface area contributed by atoms with Crippen LogP contribution in [0.15, 0.2) is 10.6 Å². The Morgan fingerprint density at radius 2 is 2.00 bits per heavy atom. The van der Waals surface area contributed by atoms with E-state index in [1.807, 2.05) is 0 Å². The maximum absolute atomic E-state index is 11.1. The lowest BCUT2D eigenvalue weighted by atomic mass is 9.71. The van der Waals surface area contributed by atoms with E-state index in [1.54, 1.807) is 0 Å². The average Bonchev–Trinajstić information content (AvgIpc) is 2.11. The summed E-state index contributed by atoms with van der Waals surface area (Å²) in [7, 11) is 0. The summed E-state index contributed by atoms with van der Waals surface area (Å²) in [6, 6.07) is 0. The Kier molecular flexibility index (Phi) is 2.93. The zero-order chi connectivity index (χ0) is 11.9. The van der Waals surface area contributed by atoms with Gasteiger partial charge in [0.2, 0.25) is 0 Å². The summed E-state index contributed by atoms with van der Waals surface area (Å²) >= 11 is 3.14. The van der Waals surface area contributed by atoms with E-state index in [-0.39, 0.29) is 12.8 Å². The van der Waals surface area contributed by atoms with Gasteiger partial charge in [-0.1, -0.05) is 22.0 Å². The molecule has 84 valence electrons. The summed E-state index contributed by atoms with van der Waals surface area (Å²) in [6.07, 6.45) is 1.53. The second-order valence-electron chi connectivity index (χ2n) is 4.03. The number of aliphatic carboxylic acids is 2. The molecule has 1 aliphatic carbocycles. The Hall–Kier alpha value is -0.880. The first-order valence-corrected chi connectivity index (χ1v) is 5.13. The van der Waals surface area contributed by atoms with E-state index in [0.717, 1.165) is 0 Å². The molecule has 0 spiro atoms. The van der Waals surface area contributed by atoms with Crippen molar-refractivity contribution in [2.45, 2.75) is 25.3 Å². The molecule has 1 aliphatic rings. The minimum atomic E-state index is -1.50. The molecular formula is C9H12BrNO4. The van der Waals surface area contributed by atoms with Crippen molar-refractivity contribution in [2.24, 2.45) is 11.1 Å². The maximum Gasteiger partial charge on any atom is 0.324 e. The molecule has 0 aromatic carbocycles. The Bertz CT molecular complexity index is 354. The van der Waals surface area contributed by atoms with Crippen LogP contribution in [0, 0.1) is 5.41 Å². The molecule has 6 heteroatoms. The Labute approximate surface area is 95.1 Å². The number of rotatable bonds is 2. The lowest BCUT2D eigenvalue weighted by molar-refractivity contribution is -0.150. The molecule has 0 amide bonds. The third-order valence-corrected chi connectivity index (χ3v) is 3.94. The normalized spacial score (nSPS) is 35.8. The highest BCUT2D eigenvalue weighted by atomic mass is 79.9. The molecular weight excluding hydrogens is 266 g/mol. The number of carboxylic acid groups (broad SMARTS) is 2. The number of carboxylic acids is 2. The van der Waals surface area contributed by atoms with Gasteiger partial charge in [-0.15, -0.1) is 0 Å². The molecule has 0 heterocycles. The SMILES string of the molecule is CC1(C(=O)O)CC(N)(C(=O)O)CC=C1Br. The smallest absolute Gasteiger partial charge is 0.324 e. The first-order chi connectivity index (χ1) is 6.72. The minimum absolute atomic E-state index is 0.123. The standard InChI is InChI=1S/C9H12BrNO4/c1-8(6(12)13)4-9(11,7(14)15)3-2-5(8)10/h2H,3-4,11H2,1H3,(H,12,13)(H,14,15). The summed E-state index contributed by atoms with van der Waals surface area (Å²) in [5, 5.41) is 18.0. The third kappa shape index (κ3) is 1.91. The highest BCUT2D eigenvalue weighted by molar-refractivity contribution is 9.11. The van der Waals surface area contributed by atoms with Crippen molar-refractivity contribution in [3.63, 3.8) is 0 Å². The molecule has 2 atom stereocenters. The molecule has 0 aliphatic heterocycles. The van der Waals surface area contributed by atoms with Crippen LogP contribution >= 0.6 is 15.9 Å². The molecule has 0 radical (unpaired) electrons. The summed E-state index contributed by atoms with van der Waals surface area (Å²) < 4.78 is 0.477. The van der Waals surface area contributed by atoms with Gasteiger partial charge in [0.15, 0.2) is 0 Å². The van der Waals surface area contributed by atoms with Gasteiger partial charge in [0.25, 0.3) is 0 Å². The monoisotopic (exact) mass is 277 g/mol. The van der Waals surface area contributed by atoms with Gasteiger partial charge >= 0.3 is 11.9 Å². The van der Waals surface area contributed by atoms with Crippen LogP contribution in [0.4, 0.5) is 0 Å². The predicted octanol–water partition coefficient (Wildman–Crippen LogP) is 0.932. The van der Waals surface area contributed by atoms with E-state index in [1.165, 1.54) is 13.0 Å². The second-order valence-corrected chi connectivity index (χ2v) is 4.89. The molecule has 5 nitrogen and oxygen atoms in total. The number of hydrogen-bond acceptors (Lipinski definition) is 3. The minimum Gasteiger partial charge on any atom is -0.481 e. The number of hydrogen-bond donors (Lipinski definition) is 3. The largest absolute Gasteiger partial charge is 0.481 e. The van der Waals surface area contributed by atoms with E-state index < -0.39 is 22.9 Å². The molecule has 15 heavy (non-hydrogen) atoms. The van der Waals surface area contributed by atoms with Gasteiger partial charge < -0.3 is 15.9 Å². The van der Waals surface area contributed by atoms with Crippen LogP contribution in [0.5, 0.6) is 0 Å². The number of carbonyl (C=O) groups is 2. The van der Waals surface area contributed by atoms with Crippen molar-refractivity contribution in [1.29, 1.82) is 0 Å². The number of halogens is 1. The number of nitrogens with two attached hydrogens (primary N) is 1. The van der Waals surface area contributed by atoms with Crippen molar-refractivity contribution in [2.75, 3.05) is 0 Å². The maximum atomic E-state index is 11.1. The van der Waals surface area contributed by atoms with Gasteiger partial charge in [-0.3, -0.25) is 9.59 Å². The molecule has 0 saturated heterocycles. The molecule has 1 rings (SSSR count). The predicted molar refractivity (Wildman–Crippen MR) is 56.5 cm³/mol. The van der Waals surface area contributed by atoms with Gasteiger partial charge in [0.1, 0.15) is 5.54 Å². The molecule has 0 fully saturated rings. The van der Waals surface area contributed by atoms with Crippen LogP contribution in [0.25, 0.3) is 0 Å². The van der Waals surface area contributed by atoms with Crippen molar-refractivity contribution in [3.05, 3.63) is 10.6 Å². The van der Waals surface area contributed by atoms with Crippen LogP contribution in [0.2, 0.25) is 0 Å². The first kappa shape index (κ1) is 12.2. The van der Waals surface area contributed by atoms with Gasteiger partial charge in [0, 0.05) is 4.48 Å². The fourth-order valence-corrected chi connectivity index (χ4v) is 2.10. The summed E-state index contributed by atoms with van der Waals surface area (Å²) in [5.41, 5.74) is 2.90. The summed E-state index contributed by atoms with van der Waals surface area (Å²) in [6.45, 7) is 1.46. The summed E-state index contributed by atoms with van der Waals surface area (Å²) in [4.78, 5) is 22.0. The quantitative estimate of drug-likeness (QED) is 0.697. The summed E-state index contributed by atoms with van der Waals surface area (Å²) in [5.74, 6) is -2.26. The topological polar surface area (TPSA) is 101 Å². The van der Waals surface area contributed by atoms with Crippen molar-refractivity contribution >= 4 is 27.9 Å². The molecule has 0 aromatic rings. The lowest BCUT2D eigenvalue weighted by Gasteiger charge is -2.37. The van der Waals surface area contributed by atoms with E-state index in [2.05, 4.69) is 15.9 Å². The Morgan fingerprint density at radius 3 is 2.40 bits per heavy atom. The van der Waals surface area contributed by atoms with Crippen LogP contribution in [-0.2, 0) is 9.59 Å². The third-order valence-electron chi connectivity index (χ3n) is 2.74. The Balaban J connectivity index is 3.14. The molecule has 0 aromatic heterocycles. The van der Waals surface area contributed by atoms with Gasteiger partial charge in [0.05, 0.1) is 5.41 Å². The fraction of sp³-hybridized carbons (Fsp3) is 0.556. The lowest BCUT2D eigenvalue weighted by Crippen LogP contribution is -2.54. The van der Waals surface area contributed by atoms with E-state index in [4.69, 9.17) is 15.9 Å². The molecule has 0 bridgehead atoms. The second kappa shape index (κ2) is 3.61. The van der Waals surface area contributed by atoms with Crippen LogP contribution in [0.1, 0.15) is 19.8 Å². The van der Waals surface area contributed by atoms with E-state index >= 15 is 0 Å². The molecule has 0 saturated carbocycles. The first-order valence-electron chi connectivity index (χ1n) is 4.34. The van der Waals surface area contributed by atoms with Gasteiger partial charge in [-0.2, -0.15) is 0 Å². The van der Waals surface area contributed by atoms with Gasteiger partial charge in [-0.05, 0) is 19.8 Å². The molecule has 2 unspecified atom stereocenters. The van der Waals surface area contributed by atoms with E-state index in [0.29, 0.717) is 4.48 Å². The zero-order valence-electron chi connectivity index (χ0n) is 8.16. The fourth-order valence-electron chi connectivity index (χ4n) is 1.63. The van der Waals surface area contributed by atoms with Crippen LogP contribution in [-0.4, -0.2) is 27.7 Å². The van der Waals surface area contributed by atoms with Crippen molar-refractivity contribution < 1.29 is 19.8 Å². The average molecular weight is 278 g/mol. The van der Waals surface area contributed by atoms with Crippen LogP contribution < -0.4 is 5.73 Å². The highest BCUT2D eigenvalue weighted by Gasteiger charge is 2.49. The molecule has 4 N–H and O–H groups in total.